The second-order valence-electron chi connectivity index (χ2n) is 4.77. The second kappa shape index (κ2) is 10.6. The van der Waals surface area contributed by atoms with Crippen LogP contribution in [0.2, 0.25) is 0 Å². The highest BCUT2D eigenvalue weighted by Gasteiger charge is 2.06. The highest BCUT2D eigenvalue weighted by Crippen LogP contribution is 2.28. The van der Waals surface area contributed by atoms with Crippen LogP contribution in [0.1, 0.15) is 18.1 Å². The molecule has 0 saturated carbocycles. The molecule has 1 heterocycles. The van der Waals surface area contributed by atoms with Gasteiger partial charge in [-0.3, -0.25) is 4.98 Å². The normalized spacial score (nSPS) is 9.78. The van der Waals surface area contributed by atoms with Gasteiger partial charge in [-0.2, -0.15) is 0 Å². The lowest BCUT2D eigenvalue weighted by molar-refractivity contribution is -0.00000542. The third-order valence-corrected chi connectivity index (χ3v) is 3.07. The maximum atomic E-state index is 5.64. The first-order valence-corrected chi connectivity index (χ1v) is 7.42. The summed E-state index contributed by atoms with van der Waals surface area (Å²) >= 11 is 0. The molecule has 1 N–H and O–H groups in total. The quantitative estimate of drug-likeness (QED) is 0.672. The van der Waals surface area contributed by atoms with Crippen LogP contribution in [0, 0.1) is 0 Å². The van der Waals surface area contributed by atoms with Crippen molar-refractivity contribution in [2.24, 2.45) is 0 Å². The van der Waals surface area contributed by atoms with Crippen molar-refractivity contribution in [1.29, 1.82) is 0 Å². The maximum absolute atomic E-state index is 5.64. The number of hydrogen-bond donors (Lipinski definition) is 1. The van der Waals surface area contributed by atoms with Crippen molar-refractivity contribution in [3.63, 3.8) is 0 Å². The van der Waals surface area contributed by atoms with E-state index in [0.717, 1.165) is 30.2 Å². The molecule has 0 saturated heterocycles. The summed E-state index contributed by atoms with van der Waals surface area (Å²) in [5.74, 6) is 1.52. The van der Waals surface area contributed by atoms with Crippen molar-refractivity contribution in [3.8, 4) is 11.5 Å². The van der Waals surface area contributed by atoms with E-state index in [1.165, 1.54) is 5.56 Å². The Hall–Kier alpha value is -2.04. The molecule has 0 spiro atoms. The van der Waals surface area contributed by atoms with Gasteiger partial charge in [0.25, 0.3) is 0 Å². The largest absolute Gasteiger partial charge is 1.00 e. The number of aromatic nitrogens is 1. The first-order chi connectivity index (χ1) is 10.8. The van der Waals surface area contributed by atoms with E-state index in [0.29, 0.717) is 13.2 Å². The third kappa shape index (κ3) is 6.30. The molecule has 0 aliphatic carbocycles. The summed E-state index contributed by atoms with van der Waals surface area (Å²) in [7, 11) is 0. The molecular weight excluding hydrogens is 312 g/mol. The maximum Gasteiger partial charge on any atom is 0.161 e. The van der Waals surface area contributed by atoms with E-state index in [9.17, 15) is 0 Å². The molecular formula is C18H22ClN2O2-. The lowest BCUT2D eigenvalue weighted by atomic mass is 10.2. The molecule has 1 aromatic carbocycles. The Morgan fingerprint density at radius 3 is 2.48 bits per heavy atom. The average Bonchev–Trinajstić information content (AvgIpc) is 2.55. The molecule has 1 aromatic heterocycles. The molecule has 2 aromatic rings. The van der Waals surface area contributed by atoms with Crippen molar-refractivity contribution in [2.45, 2.75) is 20.0 Å². The van der Waals surface area contributed by atoms with Crippen molar-refractivity contribution in [1.82, 2.24) is 10.3 Å². The summed E-state index contributed by atoms with van der Waals surface area (Å²) in [6.07, 6.45) is 5.33. The smallest absolute Gasteiger partial charge is 0.161 e. The molecule has 0 aliphatic rings. The van der Waals surface area contributed by atoms with Crippen molar-refractivity contribution in [3.05, 3.63) is 66.5 Å². The molecule has 2 rings (SSSR count). The van der Waals surface area contributed by atoms with Crippen LogP contribution in [-0.2, 0) is 13.1 Å². The number of nitrogens with one attached hydrogen (secondary N) is 1. The molecule has 124 valence electrons. The topological polar surface area (TPSA) is 43.4 Å². The van der Waals surface area contributed by atoms with Crippen molar-refractivity contribution >= 4 is 0 Å². The summed E-state index contributed by atoms with van der Waals surface area (Å²) in [6, 6.07) is 10.0. The minimum atomic E-state index is 0. The van der Waals surface area contributed by atoms with E-state index in [1.807, 2.05) is 37.3 Å². The van der Waals surface area contributed by atoms with Gasteiger partial charge in [0.15, 0.2) is 11.5 Å². The molecule has 0 bridgehead atoms. The molecule has 0 unspecified atom stereocenters. The van der Waals surface area contributed by atoms with Gasteiger partial charge in [0, 0.05) is 25.5 Å². The Balaban J connectivity index is 0.00000264. The van der Waals surface area contributed by atoms with Gasteiger partial charge in [-0.05, 0) is 42.3 Å². The summed E-state index contributed by atoms with van der Waals surface area (Å²) in [4.78, 5) is 4.01. The fourth-order valence-corrected chi connectivity index (χ4v) is 2.05. The average molecular weight is 334 g/mol. The van der Waals surface area contributed by atoms with E-state index in [2.05, 4.69) is 16.9 Å². The SMILES string of the molecule is C=CCOc1ccc(CNCc2ccncc2)cc1OCC.[Cl-]. The Morgan fingerprint density at radius 2 is 1.78 bits per heavy atom. The fourth-order valence-electron chi connectivity index (χ4n) is 2.05. The van der Waals surface area contributed by atoms with Crippen LogP contribution >= 0.6 is 0 Å². The highest BCUT2D eigenvalue weighted by molar-refractivity contribution is 5.43. The Labute approximate surface area is 144 Å². The molecule has 23 heavy (non-hydrogen) atoms. The molecule has 0 radical (unpaired) electrons. The van der Waals surface area contributed by atoms with Gasteiger partial charge in [-0.25, -0.2) is 0 Å². The summed E-state index contributed by atoms with van der Waals surface area (Å²) in [5, 5.41) is 3.41. The van der Waals surface area contributed by atoms with Crippen LogP contribution in [0.15, 0.2) is 55.4 Å². The van der Waals surface area contributed by atoms with E-state index in [1.54, 1.807) is 18.5 Å². The fraction of sp³-hybridized carbons (Fsp3) is 0.278. The van der Waals surface area contributed by atoms with Gasteiger partial charge in [0.05, 0.1) is 6.61 Å². The molecule has 5 heteroatoms. The Kier molecular flexibility index (Phi) is 8.80. The molecule has 0 aliphatic heterocycles. The number of ether oxygens (including phenoxy) is 2. The Morgan fingerprint density at radius 1 is 1.04 bits per heavy atom. The first-order valence-electron chi connectivity index (χ1n) is 7.42. The number of nitrogens with zero attached hydrogens (tertiary/aromatic N) is 1. The zero-order valence-corrected chi connectivity index (χ0v) is 14.1. The van der Waals surface area contributed by atoms with Gasteiger partial charge in [0.2, 0.25) is 0 Å². The van der Waals surface area contributed by atoms with Crippen molar-refractivity contribution < 1.29 is 21.9 Å². The monoisotopic (exact) mass is 333 g/mol. The van der Waals surface area contributed by atoms with Gasteiger partial charge in [-0.15, -0.1) is 0 Å². The van der Waals surface area contributed by atoms with Crippen molar-refractivity contribution in [2.75, 3.05) is 13.2 Å². The predicted molar refractivity (Wildman–Crippen MR) is 88.1 cm³/mol. The van der Waals surface area contributed by atoms with Gasteiger partial charge in [0.1, 0.15) is 6.61 Å². The highest BCUT2D eigenvalue weighted by atomic mass is 35.5. The molecule has 0 fully saturated rings. The van der Waals surface area contributed by atoms with Crippen LogP contribution in [-0.4, -0.2) is 18.2 Å². The third-order valence-electron chi connectivity index (χ3n) is 3.07. The van der Waals surface area contributed by atoms with Crippen LogP contribution in [0.25, 0.3) is 0 Å². The van der Waals surface area contributed by atoms with E-state index >= 15 is 0 Å². The Bertz CT molecular complexity index is 591. The van der Waals surface area contributed by atoms with Crippen LogP contribution in [0.3, 0.4) is 0 Å². The standard InChI is InChI=1S/C18H22N2O2.ClH/c1-3-11-22-17-6-5-16(12-18(17)21-4-2)14-20-13-15-7-9-19-10-8-15;/h3,5-10,12,20H,1,4,11,13-14H2,2H3;1H/p-1. The van der Waals surface area contributed by atoms with Gasteiger partial charge in [-0.1, -0.05) is 18.7 Å². The lowest BCUT2D eigenvalue weighted by Gasteiger charge is -2.13. The van der Waals surface area contributed by atoms with E-state index in [4.69, 9.17) is 9.47 Å². The number of benzene rings is 1. The van der Waals surface area contributed by atoms with E-state index in [-0.39, 0.29) is 12.4 Å². The van der Waals surface area contributed by atoms with Crippen LogP contribution < -0.4 is 27.2 Å². The summed E-state index contributed by atoms with van der Waals surface area (Å²) < 4.78 is 11.2. The number of pyridine rings is 1. The lowest BCUT2D eigenvalue weighted by Crippen LogP contribution is -3.00. The van der Waals surface area contributed by atoms with Gasteiger partial charge >= 0.3 is 0 Å². The number of halogens is 1. The second-order valence-corrected chi connectivity index (χ2v) is 4.77. The van der Waals surface area contributed by atoms with Gasteiger partial charge < -0.3 is 27.2 Å². The summed E-state index contributed by atoms with van der Waals surface area (Å²) in [5.41, 5.74) is 2.37. The van der Waals surface area contributed by atoms with E-state index < -0.39 is 0 Å². The molecule has 0 amide bonds. The molecule has 4 nitrogen and oxygen atoms in total. The van der Waals surface area contributed by atoms with Crippen LogP contribution in [0.5, 0.6) is 11.5 Å². The molecule has 0 atom stereocenters. The first kappa shape index (κ1) is 19.0. The predicted octanol–water partition coefficient (Wildman–Crippen LogP) is 0.339. The minimum absolute atomic E-state index is 0. The number of hydrogen-bond acceptors (Lipinski definition) is 4. The summed E-state index contributed by atoms with van der Waals surface area (Å²) in [6.45, 7) is 8.28. The minimum Gasteiger partial charge on any atom is -1.00 e. The van der Waals surface area contributed by atoms with Crippen LogP contribution in [0.4, 0.5) is 0 Å². The zero-order chi connectivity index (χ0) is 15.6. The zero-order valence-electron chi connectivity index (χ0n) is 13.3. The number of rotatable bonds is 9.